The lowest BCUT2D eigenvalue weighted by molar-refractivity contribution is -0.135. The molecule has 5 heteroatoms. The molecule has 19 heavy (non-hydrogen) atoms. The Kier molecular flexibility index (Phi) is 5.73. The van der Waals surface area contributed by atoms with Crippen molar-refractivity contribution in [3.63, 3.8) is 0 Å². The summed E-state index contributed by atoms with van der Waals surface area (Å²) in [6.07, 6.45) is 1.88. The fraction of sp³-hybridized carbons (Fsp3) is 0.357. The maximum Gasteiger partial charge on any atom is 0.349 e. The summed E-state index contributed by atoms with van der Waals surface area (Å²) in [6, 6.07) is 6.15. The Morgan fingerprint density at radius 2 is 1.84 bits per heavy atom. The van der Waals surface area contributed by atoms with E-state index in [4.69, 9.17) is 4.74 Å². The molecule has 0 N–H and O–H groups in total. The molecule has 5 nitrogen and oxygen atoms in total. The van der Waals surface area contributed by atoms with Gasteiger partial charge >= 0.3 is 17.9 Å². The van der Waals surface area contributed by atoms with Crippen LogP contribution in [-0.2, 0) is 14.3 Å². The topological polar surface area (TPSA) is 69.7 Å². The minimum absolute atomic E-state index is 0.0579. The largest absolute Gasteiger partial charge is 0.426 e. The minimum Gasteiger partial charge on any atom is -0.426 e. The van der Waals surface area contributed by atoms with Crippen molar-refractivity contribution in [3.05, 3.63) is 29.8 Å². The van der Waals surface area contributed by atoms with Crippen LogP contribution in [0, 0.1) is 0 Å². The third kappa shape index (κ3) is 4.91. The molecule has 0 aromatic heterocycles. The number of unbranched alkanes of at least 4 members (excludes halogenated alkanes) is 1. The highest BCUT2D eigenvalue weighted by atomic mass is 16.6. The van der Waals surface area contributed by atoms with E-state index < -0.39 is 17.9 Å². The van der Waals surface area contributed by atoms with Crippen molar-refractivity contribution in [1.29, 1.82) is 0 Å². The van der Waals surface area contributed by atoms with Crippen molar-refractivity contribution in [2.45, 2.75) is 33.1 Å². The summed E-state index contributed by atoms with van der Waals surface area (Å²) in [5.74, 6) is -1.84. The van der Waals surface area contributed by atoms with Crippen LogP contribution in [-0.4, -0.2) is 17.9 Å². The van der Waals surface area contributed by atoms with Crippen LogP contribution in [0.3, 0.4) is 0 Å². The summed E-state index contributed by atoms with van der Waals surface area (Å²) in [5, 5.41) is 0. The van der Waals surface area contributed by atoms with Gasteiger partial charge in [0, 0.05) is 13.3 Å². The highest BCUT2D eigenvalue weighted by Gasteiger charge is 2.17. The Bertz CT molecular complexity index is 478. The number of carbonyl (C=O) groups is 3. The Hall–Kier alpha value is -2.17. The molecule has 102 valence electrons. The van der Waals surface area contributed by atoms with E-state index in [1.165, 1.54) is 12.1 Å². The SMILES string of the molecule is CCCCC(=O)Oc1ccccc1C(=O)OC(C)=O. The molecule has 0 heterocycles. The zero-order chi connectivity index (χ0) is 14.3. The van der Waals surface area contributed by atoms with Crippen LogP contribution in [0.25, 0.3) is 0 Å². The van der Waals surface area contributed by atoms with Crippen LogP contribution >= 0.6 is 0 Å². The standard InChI is InChI=1S/C14H16O5/c1-3-4-9-13(16)19-12-8-6-5-7-11(12)14(17)18-10(2)15/h5-8H,3-4,9H2,1-2H3. The van der Waals surface area contributed by atoms with Crippen molar-refractivity contribution in [2.24, 2.45) is 0 Å². The molecule has 0 atom stereocenters. The van der Waals surface area contributed by atoms with Crippen molar-refractivity contribution < 1.29 is 23.9 Å². The third-order valence-electron chi connectivity index (χ3n) is 2.30. The second-order valence-corrected chi connectivity index (χ2v) is 3.95. The van der Waals surface area contributed by atoms with Gasteiger partial charge in [0.1, 0.15) is 11.3 Å². The van der Waals surface area contributed by atoms with Crippen LogP contribution < -0.4 is 4.74 Å². The van der Waals surface area contributed by atoms with Gasteiger partial charge in [-0.2, -0.15) is 0 Å². The van der Waals surface area contributed by atoms with Gasteiger partial charge in [-0.15, -0.1) is 0 Å². The highest BCUT2D eigenvalue weighted by molar-refractivity contribution is 5.98. The van der Waals surface area contributed by atoms with Gasteiger partial charge < -0.3 is 9.47 Å². The van der Waals surface area contributed by atoms with E-state index in [0.29, 0.717) is 0 Å². The molecule has 0 fully saturated rings. The first-order valence-corrected chi connectivity index (χ1v) is 6.07. The van der Waals surface area contributed by atoms with Crippen molar-refractivity contribution >= 4 is 17.9 Å². The van der Waals surface area contributed by atoms with Crippen LogP contribution in [0.4, 0.5) is 0 Å². The molecule has 0 unspecified atom stereocenters. The van der Waals surface area contributed by atoms with Crippen molar-refractivity contribution in [2.75, 3.05) is 0 Å². The van der Waals surface area contributed by atoms with E-state index >= 15 is 0 Å². The smallest absolute Gasteiger partial charge is 0.349 e. The maximum atomic E-state index is 11.6. The van der Waals surface area contributed by atoms with E-state index in [1.807, 2.05) is 6.92 Å². The molecule has 0 aliphatic heterocycles. The Morgan fingerprint density at radius 1 is 1.16 bits per heavy atom. The molecule has 1 rings (SSSR count). The minimum atomic E-state index is -0.827. The number of hydrogen-bond acceptors (Lipinski definition) is 5. The number of hydrogen-bond donors (Lipinski definition) is 0. The maximum absolute atomic E-state index is 11.6. The summed E-state index contributed by atoms with van der Waals surface area (Å²) in [7, 11) is 0. The van der Waals surface area contributed by atoms with E-state index in [1.54, 1.807) is 12.1 Å². The van der Waals surface area contributed by atoms with Gasteiger partial charge in [0.05, 0.1) is 0 Å². The molecule has 0 radical (unpaired) electrons. The van der Waals surface area contributed by atoms with Crippen LogP contribution in [0.1, 0.15) is 43.5 Å². The molecule has 1 aromatic rings. The Labute approximate surface area is 111 Å². The van der Waals surface area contributed by atoms with Gasteiger partial charge in [0.15, 0.2) is 0 Å². The van der Waals surface area contributed by atoms with Gasteiger partial charge in [0.2, 0.25) is 0 Å². The number of para-hydroxylation sites is 1. The van der Waals surface area contributed by atoms with E-state index in [-0.39, 0.29) is 17.7 Å². The lowest BCUT2D eigenvalue weighted by Crippen LogP contribution is -2.14. The lowest BCUT2D eigenvalue weighted by atomic mass is 10.2. The first kappa shape index (κ1) is 14.9. The molecule has 0 aliphatic rings. The van der Waals surface area contributed by atoms with Crippen molar-refractivity contribution in [3.8, 4) is 5.75 Å². The zero-order valence-electron chi connectivity index (χ0n) is 11.0. The molecular formula is C14H16O5. The molecule has 0 saturated carbocycles. The second-order valence-electron chi connectivity index (χ2n) is 3.95. The van der Waals surface area contributed by atoms with Crippen LogP contribution in [0.2, 0.25) is 0 Å². The molecule has 0 aliphatic carbocycles. The molecule has 0 bridgehead atoms. The fourth-order valence-electron chi connectivity index (χ4n) is 1.40. The van der Waals surface area contributed by atoms with Crippen LogP contribution in [0.5, 0.6) is 5.75 Å². The average molecular weight is 264 g/mol. The third-order valence-corrected chi connectivity index (χ3v) is 2.30. The predicted molar refractivity (Wildman–Crippen MR) is 67.7 cm³/mol. The fourth-order valence-corrected chi connectivity index (χ4v) is 1.40. The molecular weight excluding hydrogens is 248 g/mol. The summed E-state index contributed by atoms with van der Waals surface area (Å²) >= 11 is 0. The van der Waals surface area contributed by atoms with Gasteiger partial charge in [-0.05, 0) is 18.6 Å². The monoisotopic (exact) mass is 264 g/mol. The number of ether oxygens (including phenoxy) is 2. The van der Waals surface area contributed by atoms with Gasteiger partial charge in [-0.1, -0.05) is 25.5 Å². The van der Waals surface area contributed by atoms with Crippen molar-refractivity contribution in [1.82, 2.24) is 0 Å². The summed E-state index contributed by atoms with van der Waals surface area (Å²) in [5.41, 5.74) is 0.0579. The molecule has 0 spiro atoms. The first-order valence-electron chi connectivity index (χ1n) is 6.07. The predicted octanol–water partition coefficient (Wildman–Crippen LogP) is 2.49. The quantitative estimate of drug-likeness (QED) is 0.464. The highest BCUT2D eigenvalue weighted by Crippen LogP contribution is 2.20. The number of esters is 3. The summed E-state index contributed by atoms with van der Waals surface area (Å²) < 4.78 is 9.57. The van der Waals surface area contributed by atoms with Gasteiger partial charge in [-0.3, -0.25) is 9.59 Å². The molecule has 1 aromatic carbocycles. The van der Waals surface area contributed by atoms with Crippen LogP contribution in [0.15, 0.2) is 24.3 Å². The lowest BCUT2D eigenvalue weighted by Gasteiger charge is -2.08. The average Bonchev–Trinajstić information content (AvgIpc) is 2.36. The van der Waals surface area contributed by atoms with E-state index in [9.17, 15) is 14.4 Å². The summed E-state index contributed by atoms with van der Waals surface area (Å²) in [6.45, 7) is 3.10. The number of rotatable bonds is 5. The second kappa shape index (κ2) is 7.31. The number of benzene rings is 1. The van der Waals surface area contributed by atoms with Gasteiger partial charge in [-0.25, -0.2) is 4.79 Å². The normalized spacial score (nSPS) is 9.79. The van der Waals surface area contributed by atoms with E-state index in [0.717, 1.165) is 19.8 Å². The summed E-state index contributed by atoms with van der Waals surface area (Å²) in [4.78, 5) is 33.9. The Balaban J connectivity index is 2.81. The molecule has 0 amide bonds. The molecule has 0 saturated heterocycles. The zero-order valence-corrected chi connectivity index (χ0v) is 11.0. The van der Waals surface area contributed by atoms with Gasteiger partial charge in [0.25, 0.3) is 0 Å². The Morgan fingerprint density at radius 3 is 2.47 bits per heavy atom. The van der Waals surface area contributed by atoms with E-state index in [2.05, 4.69) is 4.74 Å². The number of carbonyl (C=O) groups excluding carboxylic acids is 3. The first-order chi connectivity index (χ1) is 9.04.